The highest BCUT2D eigenvalue weighted by molar-refractivity contribution is 5.78. The van der Waals surface area contributed by atoms with Crippen LogP contribution in [0.4, 0.5) is 8.78 Å². The number of carbonyl (C=O) groups excluding carboxylic acids is 1. The number of carbonyl (C=O) groups is 1. The summed E-state index contributed by atoms with van der Waals surface area (Å²) in [5.41, 5.74) is -1.89. The van der Waals surface area contributed by atoms with Crippen molar-refractivity contribution in [3.05, 3.63) is 29.8 Å². The number of rotatable bonds is 4. The number of esters is 1. The molecule has 1 rings (SSSR count). The Morgan fingerprint density at radius 2 is 2.12 bits per heavy atom. The Morgan fingerprint density at radius 3 is 2.65 bits per heavy atom. The maximum absolute atomic E-state index is 13.1. The Labute approximate surface area is 96.8 Å². The van der Waals surface area contributed by atoms with Crippen LogP contribution in [0.25, 0.3) is 0 Å². The average Bonchev–Trinajstić information content (AvgIpc) is 2.26. The van der Waals surface area contributed by atoms with E-state index in [4.69, 9.17) is 4.74 Å². The van der Waals surface area contributed by atoms with Gasteiger partial charge in [0.1, 0.15) is 12.4 Å². The summed E-state index contributed by atoms with van der Waals surface area (Å²) in [6.45, 7) is 0.669. The van der Waals surface area contributed by atoms with Crippen LogP contribution in [0, 0.1) is 11.6 Å². The number of benzene rings is 1. The highest BCUT2D eigenvalue weighted by Gasteiger charge is 2.32. The van der Waals surface area contributed by atoms with Crippen LogP contribution in [0.1, 0.15) is 6.92 Å². The summed E-state index contributed by atoms with van der Waals surface area (Å²) >= 11 is 0. The Kier molecular flexibility index (Phi) is 4.01. The number of ether oxygens (including phenoxy) is 2. The van der Waals surface area contributed by atoms with Gasteiger partial charge in [0.2, 0.25) is 0 Å². The maximum Gasteiger partial charge on any atom is 0.341 e. The van der Waals surface area contributed by atoms with Crippen LogP contribution in [0.5, 0.6) is 5.75 Å². The third-order valence-electron chi connectivity index (χ3n) is 2.03. The van der Waals surface area contributed by atoms with Crippen molar-refractivity contribution in [2.45, 2.75) is 12.5 Å². The molecule has 0 aromatic heterocycles. The maximum atomic E-state index is 13.1. The predicted molar refractivity (Wildman–Crippen MR) is 54.5 cm³/mol. The summed E-state index contributed by atoms with van der Waals surface area (Å²) in [6.07, 6.45) is 0. The molecule has 0 amide bonds. The number of hydrogen-bond acceptors (Lipinski definition) is 4. The molecule has 0 saturated heterocycles. The van der Waals surface area contributed by atoms with Crippen molar-refractivity contribution in [3.8, 4) is 5.75 Å². The molecule has 0 aliphatic rings. The van der Waals surface area contributed by atoms with E-state index in [0.717, 1.165) is 19.2 Å². The molecule has 1 atom stereocenters. The van der Waals surface area contributed by atoms with Crippen LogP contribution < -0.4 is 4.74 Å². The molecule has 6 heteroatoms. The first-order valence-corrected chi connectivity index (χ1v) is 4.75. The Balaban J connectivity index is 2.70. The molecular weight excluding hydrogens is 234 g/mol. The van der Waals surface area contributed by atoms with Crippen LogP contribution in [-0.4, -0.2) is 30.4 Å². The normalized spacial score (nSPS) is 13.9. The highest BCUT2D eigenvalue weighted by Crippen LogP contribution is 2.19. The largest absolute Gasteiger partial charge is 0.487 e. The van der Waals surface area contributed by atoms with Crippen LogP contribution in [-0.2, 0) is 9.53 Å². The minimum Gasteiger partial charge on any atom is -0.487 e. The zero-order valence-corrected chi connectivity index (χ0v) is 9.37. The number of halogens is 2. The molecule has 1 aromatic rings. The molecule has 94 valence electrons. The summed E-state index contributed by atoms with van der Waals surface area (Å²) in [7, 11) is 1.11. The van der Waals surface area contributed by atoms with Gasteiger partial charge < -0.3 is 14.6 Å². The molecule has 1 N–H and O–H groups in total. The van der Waals surface area contributed by atoms with Gasteiger partial charge in [-0.05, 0) is 19.1 Å². The van der Waals surface area contributed by atoms with Crippen LogP contribution in [0.3, 0.4) is 0 Å². The van der Waals surface area contributed by atoms with Crippen LogP contribution in [0.2, 0.25) is 0 Å². The molecule has 1 aromatic carbocycles. The van der Waals surface area contributed by atoms with Crippen molar-refractivity contribution in [2.24, 2.45) is 0 Å². The molecule has 4 nitrogen and oxygen atoms in total. The van der Waals surface area contributed by atoms with Crippen molar-refractivity contribution in [1.29, 1.82) is 0 Å². The summed E-state index contributed by atoms with van der Waals surface area (Å²) in [5.74, 6) is -2.81. The first-order chi connectivity index (χ1) is 7.86. The van der Waals surface area contributed by atoms with Crippen molar-refractivity contribution in [1.82, 2.24) is 0 Å². The SMILES string of the molecule is COC(=O)C(C)(O)COc1ccc(F)cc1F. The lowest BCUT2D eigenvalue weighted by Gasteiger charge is -2.20. The first kappa shape index (κ1) is 13.4. The van der Waals surface area contributed by atoms with E-state index in [1.54, 1.807) is 0 Å². The Morgan fingerprint density at radius 1 is 1.47 bits per heavy atom. The highest BCUT2D eigenvalue weighted by atomic mass is 19.1. The molecule has 1 unspecified atom stereocenters. The van der Waals surface area contributed by atoms with E-state index in [2.05, 4.69) is 4.74 Å². The molecule has 0 radical (unpaired) electrons. The summed E-state index contributed by atoms with van der Waals surface area (Å²) in [6, 6.07) is 2.71. The second-order valence-corrected chi connectivity index (χ2v) is 3.63. The zero-order chi connectivity index (χ0) is 13.1. The van der Waals surface area contributed by atoms with Crippen LogP contribution >= 0.6 is 0 Å². The predicted octanol–water partition coefficient (Wildman–Crippen LogP) is 1.27. The fourth-order valence-electron chi connectivity index (χ4n) is 1.09. The van der Waals surface area contributed by atoms with E-state index in [9.17, 15) is 18.7 Å². The van der Waals surface area contributed by atoms with Gasteiger partial charge in [-0.1, -0.05) is 0 Å². The second-order valence-electron chi connectivity index (χ2n) is 3.63. The monoisotopic (exact) mass is 246 g/mol. The molecule has 0 spiro atoms. The summed E-state index contributed by atoms with van der Waals surface area (Å²) < 4.78 is 34.9. The Bertz CT molecular complexity index is 418. The number of aliphatic hydroxyl groups is 1. The van der Waals surface area contributed by atoms with Gasteiger partial charge in [0.25, 0.3) is 0 Å². The molecular formula is C11H12F2O4. The van der Waals surface area contributed by atoms with Crippen molar-refractivity contribution in [2.75, 3.05) is 13.7 Å². The van der Waals surface area contributed by atoms with Gasteiger partial charge in [-0.3, -0.25) is 0 Å². The minimum atomic E-state index is -1.89. The molecule has 0 aliphatic heterocycles. The van der Waals surface area contributed by atoms with Crippen molar-refractivity contribution >= 4 is 5.97 Å². The van der Waals surface area contributed by atoms with E-state index in [1.165, 1.54) is 6.92 Å². The summed E-state index contributed by atoms with van der Waals surface area (Å²) in [4.78, 5) is 11.1. The lowest BCUT2D eigenvalue weighted by atomic mass is 10.1. The first-order valence-electron chi connectivity index (χ1n) is 4.75. The third-order valence-corrected chi connectivity index (χ3v) is 2.03. The molecule has 0 saturated carbocycles. The van der Waals surface area contributed by atoms with Gasteiger partial charge in [-0.2, -0.15) is 0 Å². The quantitative estimate of drug-likeness (QED) is 0.813. The van der Waals surface area contributed by atoms with Gasteiger partial charge in [-0.25, -0.2) is 13.6 Å². The second kappa shape index (κ2) is 5.09. The fraction of sp³-hybridized carbons (Fsp3) is 0.364. The number of hydrogen-bond donors (Lipinski definition) is 1. The molecule has 17 heavy (non-hydrogen) atoms. The topological polar surface area (TPSA) is 55.8 Å². The van der Waals surface area contributed by atoms with E-state index in [0.29, 0.717) is 6.07 Å². The van der Waals surface area contributed by atoms with E-state index in [-0.39, 0.29) is 5.75 Å². The summed E-state index contributed by atoms with van der Waals surface area (Å²) in [5, 5.41) is 9.59. The third kappa shape index (κ3) is 3.39. The van der Waals surface area contributed by atoms with Gasteiger partial charge in [0, 0.05) is 6.07 Å². The lowest BCUT2D eigenvalue weighted by molar-refractivity contribution is -0.163. The average molecular weight is 246 g/mol. The molecule has 0 heterocycles. The van der Waals surface area contributed by atoms with E-state index in [1.807, 2.05) is 0 Å². The van der Waals surface area contributed by atoms with Crippen molar-refractivity contribution in [3.63, 3.8) is 0 Å². The van der Waals surface area contributed by atoms with Gasteiger partial charge in [0.05, 0.1) is 7.11 Å². The van der Waals surface area contributed by atoms with Crippen molar-refractivity contribution < 1.29 is 28.2 Å². The standard InChI is InChI=1S/C11H12F2O4/c1-11(15,10(14)16-2)6-17-9-4-3-7(12)5-8(9)13/h3-5,15H,6H2,1-2H3. The van der Waals surface area contributed by atoms with E-state index >= 15 is 0 Å². The fourth-order valence-corrected chi connectivity index (χ4v) is 1.09. The molecule has 0 bridgehead atoms. The number of methoxy groups -OCH3 is 1. The molecule has 0 fully saturated rings. The van der Waals surface area contributed by atoms with Gasteiger partial charge in [-0.15, -0.1) is 0 Å². The van der Waals surface area contributed by atoms with Gasteiger partial charge >= 0.3 is 5.97 Å². The van der Waals surface area contributed by atoms with Gasteiger partial charge in [0.15, 0.2) is 17.2 Å². The Hall–Kier alpha value is -1.69. The van der Waals surface area contributed by atoms with E-state index < -0.39 is 29.8 Å². The lowest BCUT2D eigenvalue weighted by Crippen LogP contribution is -2.42. The van der Waals surface area contributed by atoms with Crippen LogP contribution in [0.15, 0.2) is 18.2 Å². The smallest absolute Gasteiger partial charge is 0.341 e. The minimum absolute atomic E-state index is 0.254. The molecule has 0 aliphatic carbocycles. The zero-order valence-electron chi connectivity index (χ0n) is 9.37.